The number of ether oxygens (including phenoxy) is 1. The van der Waals surface area contributed by atoms with Crippen molar-refractivity contribution in [2.45, 2.75) is 43.9 Å². The summed E-state index contributed by atoms with van der Waals surface area (Å²) >= 11 is 0. The fourth-order valence-electron chi connectivity index (χ4n) is 4.62. The second-order valence-corrected chi connectivity index (χ2v) is 10.7. The van der Waals surface area contributed by atoms with Crippen molar-refractivity contribution in [3.8, 4) is 5.88 Å². The molecular weight excluding hydrogens is 466 g/mol. The SMILES string of the molecule is Cc1cccc(NS(=O)(=O)c2ccc3[nH]c4c(C(N)=O)nc(OCC5CCCCC5)cc4c3c2)n1. The van der Waals surface area contributed by atoms with Crippen LogP contribution >= 0.6 is 0 Å². The van der Waals surface area contributed by atoms with Crippen LogP contribution in [0.25, 0.3) is 21.8 Å². The highest BCUT2D eigenvalue weighted by molar-refractivity contribution is 7.92. The van der Waals surface area contributed by atoms with Crippen molar-refractivity contribution in [2.24, 2.45) is 11.7 Å². The number of aromatic amines is 1. The predicted octanol–water partition coefficient (Wildman–Crippen LogP) is 4.28. The van der Waals surface area contributed by atoms with Crippen LogP contribution in [0.1, 0.15) is 48.3 Å². The van der Waals surface area contributed by atoms with Crippen LogP contribution in [0, 0.1) is 12.8 Å². The summed E-state index contributed by atoms with van der Waals surface area (Å²) < 4.78 is 34.6. The van der Waals surface area contributed by atoms with Gasteiger partial charge in [-0.15, -0.1) is 0 Å². The minimum atomic E-state index is -3.89. The lowest BCUT2D eigenvalue weighted by Gasteiger charge is -2.21. The number of amides is 1. The van der Waals surface area contributed by atoms with E-state index in [-0.39, 0.29) is 16.4 Å². The fraction of sp³-hybridized carbons (Fsp3) is 0.320. The van der Waals surface area contributed by atoms with E-state index in [0.717, 1.165) is 12.8 Å². The molecular formula is C25H27N5O4S. The maximum absolute atomic E-state index is 13.1. The molecule has 1 aliphatic rings. The van der Waals surface area contributed by atoms with Gasteiger partial charge in [0.05, 0.1) is 17.0 Å². The molecule has 0 atom stereocenters. The number of rotatable bonds is 7. The number of hydrogen-bond donors (Lipinski definition) is 3. The number of primary amides is 1. The molecule has 4 aromatic rings. The highest BCUT2D eigenvalue weighted by Crippen LogP contribution is 2.32. The lowest BCUT2D eigenvalue weighted by molar-refractivity contribution is 0.0995. The average molecular weight is 494 g/mol. The minimum Gasteiger partial charge on any atom is -0.477 e. The number of nitrogens with one attached hydrogen (secondary N) is 2. The summed E-state index contributed by atoms with van der Waals surface area (Å²) in [6, 6.07) is 11.5. The molecule has 0 bridgehead atoms. The van der Waals surface area contributed by atoms with Gasteiger partial charge in [-0.1, -0.05) is 25.3 Å². The number of fused-ring (bicyclic) bond motifs is 3. The van der Waals surface area contributed by atoms with Gasteiger partial charge in [0.25, 0.3) is 15.9 Å². The summed E-state index contributed by atoms with van der Waals surface area (Å²) in [6.45, 7) is 2.31. The van der Waals surface area contributed by atoms with E-state index >= 15 is 0 Å². The zero-order valence-electron chi connectivity index (χ0n) is 19.4. The molecule has 182 valence electrons. The second kappa shape index (κ2) is 9.18. The number of hydrogen-bond acceptors (Lipinski definition) is 6. The summed E-state index contributed by atoms with van der Waals surface area (Å²) in [7, 11) is -3.89. The number of anilines is 1. The lowest BCUT2D eigenvalue weighted by atomic mass is 9.90. The van der Waals surface area contributed by atoms with E-state index in [1.807, 2.05) is 0 Å². The van der Waals surface area contributed by atoms with Crippen molar-refractivity contribution >= 4 is 43.6 Å². The van der Waals surface area contributed by atoms with E-state index in [1.165, 1.54) is 25.3 Å². The summed E-state index contributed by atoms with van der Waals surface area (Å²) in [6.07, 6.45) is 5.86. The van der Waals surface area contributed by atoms with Gasteiger partial charge in [0.2, 0.25) is 5.88 Å². The number of benzene rings is 1. The first-order valence-corrected chi connectivity index (χ1v) is 13.1. The fourth-order valence-corrected chi connectivity index (χ4v) is 5.65. The van der Waals surface area contributed by atoms with Crippen molar-refractivity contribution in [3.05, 3.63) is 53.9 Å². The zero-order valence-corrected chi connectivity index (χ0v) is 20.2. The Morgan fingerprint density at radius 3 is 2.66 bits per heavy atom. The molecule has 1 aromatic carbocycles. The molecule has 35 heavy (non-hydrogen) atoms. The van der Waals surface area contributed by atoms with Crippen LogP contribution in [0.4, 0.5) is 5.82 Å². The molecule has 1 aliphatic carbocycles. The van der Waals surface area contributed by atoms with Gasteiger partial charge in [0, 0.05) is 28.0 Å². The zero-order chi connectivity index (χ0) is 24.6. The monoisotopic (exact) mass is 493 g/mol. The molecule has 5 rings (SSSR count). The smallest absolute Gasteiger partial charge is 0.269 e. The maximum Gasteiger partial charge on any atom is 0.269 e. The van der Waals surface area contributed by atoms with Gasteiger partial charge >= 0.3 is 0 Å². The Bertz CT molecular complexity index is 1520. The molecule has 0 radical (unpaired) electrons. The number of sulfonamides is 1. The lowest BCUT2D eigenvalue weighted by Crippen LogP contribution is -2.17. The number of nitrogens with two attached hydrogens (primary N) is 1. The van der Waals surface area contributed by atoms with E-state index in [9.17, 15) is 13.2 Å². The molecule has 1 fully saturated rings. The number of aryl methyl sites for hydroxylation is 1. The predicted molar refractivity (Wildman–Crippen MR) is 134 cm³/mol. The molecule has 0 spiro atoms. The first-order valence-electron chi connectivity index (χ1n) is 11.7. The number of carbonyl (C=O) groups excluding carboxylic acids is 1. The summed E-state index contributed by atoms with van der Waals surface area (Å²) in [5, 5.41) is 1.24. The summed E-state index contributed by atoms with van der Waals surface area (Å²) in [4.78, 5) is 24.0. The van der Waals surface area contributed by atoms with Crippen LogP contribution in [0.5, 0.6) is 5.88 Å². The van der Waals surface area contributed by atoms with Crippen molar-refractivity contribution in [2.75, 3.05) is 11.3 Å². The third-order valence-corrected chi connectivity index (χ3v) is 7.75. The molecule has 4 N–H and O–H groups in total. The number of pyridine rings is 2. The van der Waals surface area contributed by atoms with E-state index in [1.54, 1.807) is 43.3 Å². The Hall–Kier alpha value is -3.66. The van der Waals surface area contributed by atoms with Crippen LogP contribution in [0.15, 0.2) is 47.4 Å². The van der Waals surface area contributed by atoms with Crippen LogP contribution in [-0.2, 0) is 10.0 Å². The van der Waals surface area contributed by atoms with E-state index in [4.69, 9.17) is 10.5 Å². The average Bonchev–Trinajstić information content (AvgIpc) is 3.20. The molecule has 0 aliphatic heterocycles. The first kappa shape index (κ1) is 23.1. The second-order valence-electron chi connectivity index (χ2n) is 9.01. The van der Waals surface area contributed by atoms with Gasteiger partial charge in [0.1, 0.15) is 5.82 Å². The standard InChI is InChI=1S/C25H27N5O4S/c1-15-6-5-9-21(27-15)30-35(32,33)17-10-11-20-18(12-17)19-13-22(29-24(25(26)31)23(19)28-20)34-14-16-7-3-2-4-8-16/h5-6,9-13,16,28H,2-4,7-8,14H2,1H3,(H2,26,31)(H,27,30). The van der Waals surface area contributed by atoms with E-state index in [0.29, 0.717) is 45.9 Å². The Morgan fingerprint density at radius 2 is 1.91 bits per heavy atom. The largest absolute Gasteiger partial charge is 0.477 e. The first-order chi connectivity index (χ1) is 16.8. The Kier molecular flexibility index (Phi) is 6.06. The van der Waals surface area contributed by atoms with Crippen molar-refractivity contribution in [3.63, 3.8) is 0 Å². The molecule has 3 aromatic heterocycles. The molecule has 1 saturated carbocycles. The molecule has 9 nitrogen and oxygen atoms in total. The minimum absolute atomic E-state index is 0.0591. The van der Waals surface area contributed by atoms with Gasteiger partial charge in [-0.3, -0.25) is 9.52 Å². The third-order valence-electron chi connectivity index (χ3n) is 6.40. The molecule has 3 heterocycles. The Labute approximate surface area is 203 Å². The van der Waals surface area contributed by atoms with Gasteiger partial charge in [-0.25, -0.2) is 18.4 Å². The summed E-state index contributed by atoms with van der Waals surface area (Å²) in [5.41, 5.74) is 7.47. The van der Waals surface area contributed by atoms with Crippen LogP contribution in [0.2, 0.25) is 0 Å². The van der Waals surface area contributed by atoms with E-state index in [2.05, 4.69) is 19.7 Å². The highest BCUT2D eigenvalue weighted by Gasteiger charge is 2.21. The van der Waals surface area contributed by atoms with E-state index < -0.39 is 15.9 Å². The number of carbonyl (C=O) groups is 1. The van der Waals surface area contributed by atoms with Gasteiger partial charge in [-0.2, -0.15) is 0 Å². The number of H-pyrrole nitrogens is 1. The Morgan fingerprint density at radius 1 is 1.11 bits per heavy atom. The highest BCUT2D eigenvalue weighted by atomic mass is 32.2. The van der Waals surface area contributed by atoms with Crippen LogP contribution < -0.4 is 15.2 Å². The third kappa shape index (κ3) is 4.79. The quantitative estimate of drug-likeness (QED) is 0.351. The van der Waals surface area contributed by atoms with Crippen molar-refractivity contribution in [1.82, 2.24) is 15.0 Å². The maximum atomic E-state index is 13.1. The Balaban J connectivity index is 1.53. The number of nitrogens with zero attached hydrogens (tertiary/aromatic N) is 2. The van der Waals surface area contributed by atoms with Crippen LogP contribution in [-0.4, -0.2) is 35.9 Å². The molecule has 1 amide bonds. The van der Waals surface area contributed by atoms with Gasteiger partial charge < -0.3 is 15.5 Å². The molecule has 0 saturated heterocycles. The van der Waals surface area contributed by atoms with Gasteiger partial charge in [0.15, 0.2) is 5.69 Å². The van der Waals surface area contributed by atoms with Gasteiger partial charge in [-0.05, 0) is 56.0 Å². The topological polar surface area (TPSA) is 140 Å². The molecule has 10 heteroatoms. The van der Waals surface area contributed by atoms with Crippen molar-refractivity contribution in [1.29, 1.82) is 0 Å². The van der Waals surface area contributed by atoms with Crippen molar-refractivity contribution < 1.29 is 17.9 Å². The van der Waals surface area contributed by atoms with Crippen LogP contribution in [0.3, 0.4) is 0 Å². The normalized spacial score (nSPS) is 14.9. The molecule has 0 unspecified atom stereocenters. The number of aromatic nitrogens is 3. The summed E-state index contributed by atoms with van der Waals surface area (Å²) in [5.74, 6) is 0.305.